The molecule has 0 aliphatic rings. The molecule has 0 unspecified atom stereocenters. The Hall–Kier alpha value is -0.570. The topological polar surface area (TPSA) is 46.5 Å². The SMILES string of the molecule is CCCC(=O)O.CCCCCC.CCOCC. The van der Waals surface area contributed by atoms with Crippen LogP contribution in [-0.2, 0) is 9.53 Å². The number of unbranched alkanes of at least 4 members (excludes halogenated alkanes) is 3. The van der Waals surface area contributed by atoms with E-state index in [1.54, 1.807) is 0 Å². The van der Waals surface area contributed by atoms with Crippen molar-refractivity contribution in [2.45, 2.75) is 73.1 Å². The highest BCUT2D eigenvalue weighted by Gasteiger charge is 1.87. The van der Waals surface area contributed by atoms with Crippen LogP contribution in [-0.4, -0.2) is 24.3 Å². The van der Waals surface area contributed by atoms with E-state index in [9.17, 15) is 4.79 Å². The second-order valence-electron chi connectivity index (χ2n) is 3.63. The van der Waals surface area contributed by atoms with E-state index in [2.05, 4.69) is 13.8 Å². The Morgan fingerprint density at radius 1 is 0.882 bits per heavy atom. The molecule has 0 aromatic carbocycles. The summed E-state index contributed by atoms with van der Waals surface area (Å²) in [5.74, 6) is -0.711. The van der Waals surface area contributed by atoms with E-state index in [-0.39, 0.29) is 0 Å². The molecular formula is C14H32O3. The number of carboxylic acid groups (broad SMARTS) is 1. The van der Waals surface area contributed by atoms with Gasteiger partial charge in [-0.05, 0) is 20.3 Å². The molecule has 0 aliphatic heterocycles. The summed E-state index contributed by atoms with van der Waals surface area (Å²) in [7, 11) is 0. The summed E-state index contributed by atoms with van der Waals surface area (Å²) in [4.78, 5) is 9.60. The van der Waals surface area contributed by atoms with Gasteiger partial charge in [-0.15, -0.1) is 0 Å². The quantitative estimate of drug-likeness (QED) is 0.675. The van der Waals surface area contributed by atoms with E-state index in [0.29, 0.717) is 6.42 Å². The lowest BCUT2D eigenvalue weighted by Crippen LogP contribution is -1.90. The smallest absolute Gasteiger partial charge is 0.303 e. The van der Waals surface area contributed by atoms with E-state index in [1.165, 1.54) is 25.7 Å². The Kier molecular flexibility index (Phi) is 31.4. The first-order valence-electron chi connectivity index (χ1n) is 6.89. The van der Waals surface area contributed by atoms with Gasteiger partial charge in [0.25, 0.3) is 0 Å². The maximum absolute atomic E-state index is 9.60. The van der Waals surface area contributed by atoms with Gasteiger partial charge in [-0.25, -0.2) is 0 Å². The van der Waals surface area contributed by atoms with Gasteiger partial charge in [-0.2, -0.15) is 0 Å². The maximum Gasteiger partial charge on any atom is 0.303 e. The lowest BCUT2D eigenvalue weighted by molar-refractivity contribution is -0.137. The molecule has 0 fully saturated rings. The van der Waals surface area contributed by atoms with Crippen LogP contribution in [0.25, 0.3) is 0 Å². The average Bonchev–Trinajstić information content (AvgIpc) is 2.29. The van der Waals surface area contributed by atoms with Crippen molar-refractivity contribution < 1.29 is 14.6 Å². The molecule has 0 atom stereocenters. The van der Waals surface area contributed by atoms with Crippen molar-refractivity contribution >= 4 is 5.97 Å². The van der Waals surface area contributed by atoms with E-state index >= 15 is 0 Å². The number of aliphatic carboxylic acids is 1. The van der Waals surface area contributed by atoms with Crippen LogP contribution in [0.1, 0.15) is 73.1 Å². The molecule has 0 rings (SSSR count). The van der Waals surface area contributed by atoms with Crippen LogP contribution in [0.15, 0.2) is 0 Å². The highest BCUT2D eigenvalue weighted by atomic mass is 16.5. The van der Waals surface area contributed by atoms with Crippen LogP contribution in [0.2, 0.25) is 0 Å². The average molecular weight is 248 g/mol. The number of hydrogen-bond donors (Lipinski definition) is 1. The molecule has 0 bridgehead atoms. The zero-order valence-corrected chi connectivity index (χ0v) is 12.4. The Morgan fingerprint density at radius 3 is 1.35 bits per heavy atom. The predicted octanol–water partition coefficient (Wildman–Crippen LogP) is 4.50. The standard InChI is InChI=1S/C6H14.C4H8O2.C4H10O/c1-3-5-6-4-2;1-2-3-4(5)6;1-3-5-4-2/h3-6H2,1-2H3;2-3H2,1H3,(H,5,6);3-4H2,1-2H3. The number of rotatable bonds is 7. The molecule has 0 spiro atoms. The highest BCUT2D eigenvalue weighted by molar-refractivity contribution is 5.66. The Bertz CT molecular complexity index is 119. The van der Waals surface area contributed by atoms with Crippen LogP contribution in [0.5, 0.6) is 0 Å². The normalized spacial score (nSPS) is 8.53. The fourth-order valence-corrected chi connectivity index (χ4v) is 0.918. The predicted molar refractivity (Wildman–Crippen MR) is 74.5 cm³/mol. The number of ether oxygens (including phenoxy) is 1. The second kappa shape index (κ2) is 24.6. The van der Waals surface area contributed by atoms with Crippen LogP contribution in [0.3, 0.4) is 0 Å². The number of carbonyl (C=O) groups is 1. The number of hydrogen-bond acceptors (Lipinski definition) is 2. The van der Waals surface area contributed by atoms with Gasteiger partial charge >= 0.3 is 5.97 Å². The Labute approximate surface area is 108 Å². The minimum Gasteiger partial charge on any atom is -0.481 e. The summed E-state index contributed by atoms with van der Waals surface area (Å²) in [5.41, 5.74) is 0. The van der Waals surface area contributed by atoms with Gasteiger partial charge in [0, 0.05) is 19.6 Å². The molecule has 106 valence electrons. The zero-order valence-electron chi connectivity index (χ0n) is 12.4. The fraction of sp³-hybridized carbons (Fsp3) is 0.929. The van der Waals surface area contributed by atoms with Crippen molar-refractivity contribution in [1.82, 2.24) is 0 Å². The van der Waals surface area contributed by atoms with Gasteiger partial charge in [0.05, 0.1) is 0 Å². The lowest BCUT2D eigenvalue weighted by Gasteiger charge is -1.86. The monoisotopic (exact) mass is 248 g/mol. The third-order valence-corrected chi connectivity index (χ3v) is 1.83. The minimum atomic E-state index is -0.711. The van der Waals surface area contributed by atoms with E-state index in [4.69, 9.17) is 9.84 Å². The van der Waals surface area contributed by atoms with Crippen molar-refractivity contribution in [3.05, 3.63) is 0 Å². The first kappa shape index (κ1) is 21.7. The molecule has 0 saturated carbocycles. The van der Waals surface area contributed by atoms with Crippen molar-refractivity contribution in [1.29, 1.82) is 0 Å². The Morgan fingerprint density at radius 2 is 1.29 bits per heavy atom. The minimum absolute atomic E-state index is 0.292. The summed E-state index contributed by atoms with van der Waals surface area (Å²) >= 11 is 0. The molecule has 3 nitrogen and oxygen atoms in total. The van der Waals surface area contributed by atoms with E-state index in [1.807, 2.05) is 20.8 Å². The first-order valence-corrected chi connectivity index (χ1v) is 6.89. The largest absolute Gasteiger partial charge is 0.481 e. The van der Waals surface area contributed by atoms with Crippen molar-refractivity contribution in [3.8, 4) is 0 Å². The highest BCUT2D eigenvalue weighted by Crippen LogP contribution is 1.95. The molecule has 0 aliphatic carbocycles. The molecule has 0 saturated heterocycles. The van der Waals surface area contributed by atoms with Crippen LogP contribution in [0, 0.1) is 0 Å². The molecule has 0 heterocycles. The van der Waals surface area contributed by atoms with Gasteiger partial charge in [-0.3, -0.25) is 4.79 Å². The van der Waals surface area contributed by atoms with Crippen molar-refractivity contribution in [3.63, 3.8) is 0 Å². The molecule has 3 heteroatoms. The van der Waals surface area contributed by atoms with Gasteiger partial charge < -0.3 is 9.84 Å². The summed E-state index contributed by atoms with van der Waals surface area (Å²) < 4.78 is 4.83. The molecule has 0 amide bonds. The molecule has 17 heavy (non-hydrogen) atoms. The van der Waals surface area contributed by atoms with Crippen molar-refractivity contribution in [2.75, 3.05) is 13.2 Å². The van der Waals surface area contributed by atoms with E-state index in [0.717, 1.165) is 19.6 Å². The number of carboxylic acids is 1. The molecule has 0 aromatic heterocycles. The van der Waals surface area contributed by atoms with Crippen LogP contribution >= 0.6 is 0 Å². The van der Waals surface area contributed by atoms with Gasteiger partial charge in [-0.1, -0.05) is 46.5 Å². The van der Waals surface area contributed by atoms with Gasteiger partial charge in [0.2, 0.25) is 0 Å². The van der Waals surface area contributed by atoms with Crippen LogP contribution in [0.4, 0.5) is 0 Å². The third-order valence-electron chi connectivity index (χ3n) is 1.83. The van der Waals surface area contributed by atoms with Gasteiger partial charge in [0.15, 0.2) is 0 Å². The second-order valence-corrected chi connectivity index (χ2v) is 3.63. The molecular weight excluding hydrogens is 216 g/mol. The summed E-state index contributed by atoms with van der Waals surface area (Å²) in [6.45, 7) is 12.0. The Balaban J connectivity index is -0.000000174. The third kappa shape index (κ3) is 50.4. The van der Waals surface area contributed by atoms with Gasteiger partial charge in [0.1, 0.15) is 0 Å². The first-order chi connectivity index (χ1) is 8.10. The fourth-order valence-electron chi connectivity index (χ4n) is 0.918. The summed E-state index contributed by atoms with van der Waals surface area (Å²) in [6, 6.07) is 0. The van der Waals surface area contributed by atoms with Crippen molar-refractivity contribution in [2.24, 2.45) is 0 Å². The lowest BCUT2D eigenvalue weighted by atomic mass is 10.2. The molecule has 0 radical (unpaired) electrons. The maximum atomic E-state index is 9.60. The summed E-state index contributed by atoms with van der Waals surface area (Å²) in [6.07, 6.45) is 6.56. The van der Waals surface area contributed by atoms with Crippen LogP contribution < -0.4 is 0 Å². The zero-order chi connectivity index (χ0) is 13.9. The molecule has 1 N–H and O–H groups in total. The van der Waals surface area contributed by atoms with E-state index < -0.39 is 5.97 Å². The molecule has 0 aromatic rings. The summed E-state index contributed by atoms with van der Waals surface area (Å²) in [5, 5.41) is 7.91.